The maximum atomic E-state index is 2.62. The van der Waals surface area contributed by atoms with Crippen LogP contribution in [-0.2, 0) is 25.7 Å². The van der Waals surface area contributed by atoms with Gasteiger partial charge in [-0.2, -0.15) is 0 Å². The quantitative estimate of drug-likeness (QED) is 0.113. The summed E-state index contributed by atoms with van der Waals surface area (Å²) in [4.78, 5) is 5.25. The molecule has 0 radical (unpaired) electrons. The van der Waals surface area contributed by atoms with Gasteiger partial charge in [-0.05, 0) is 237 Å². The number of aromatic nitrogens is 2. The van der Waals surface area contributed by atoms with Gasteiger partial charge in [0.1, 0.15) is 0 Å². The summed E-state index contributed by atoms with van der Waals surface area (Å²) in [5.41, 5.74) is 27.6. The molecular weight excluding hydrogens is 1140 g/mol. The topological polar surface area (TPSA) is 16.3 Å². The monoisotopic (exact) mass is 1210 g/mol. The lowest BCUT2D eigenvalue weighted by atomic mass is 9.84. The van der Waals surface area contributed by atoms with E-state index in [0.717, 1.165) is 48.4 Å². The van der Waals surface area contributed by atoms with Crippen molar-refractivity contribution < 1.29 is 0 Å². The number of hydrogen-bond donors (Lipinski definition) is 0. The minimum Gasteiger partial charge on any atom is -0.310 e. The molecule has 0 amide bonds. The average Bonchev–Trinajstić information content (AvgIpc) is 0.871. The highest BCUT2D eigenvalue weighted by Crippen LogP contribution is 2.53. The highest BCUT2D eigenvalue weighted by Gasteiger charge is 2.29. The standard InChI is InChI=1S/C90H74N4/c1-57(2)81-55-87(91(69-41-35-61-23-11-13-25-65(61)51-69)71-43-45-75-73-27-15-17-29-83(73)93(85(75)53-71)67-37-31-63(32-38-67)59-19-7-5-8-20-59)79-50-48-78-82(58(3)4)56-88(80-49-47-77(81)89(79)90(78)80)92(70-42-36-62-24-12-14-26-66(62)52-70)72-44-46-76-74-28-16-18-30-84(74)94(86(76)54-72)68-39-33-64(34-40-68)60-21-9-6-10-22-60/h5-10,15-22,27-58H,11-14,23-26H2,1-4H3. The predicted molar refractivity (Wildman–Crippen MR) is 401 cm³/mol. The Balaban J connectivity index is 0.881. The van der Waals surface area contributed by atoms with Crippen LogP contribution in [0.5, 0.6) is 0 Å². The van der Waals surface area contributed by atoms with E-state index in [0.29, 0.717) is 0 Å². The summed E-state index contributed by atoms with van der Waals surface area (Å²) < 4.78 is 4.98. The molecule has 0 saturated heterocycles. The Morgan fingerprint density at radius 3 is 1.01 bits per heavy atom. The van der Waals surface area contributed by atoms with Crippen LogP contribution in [0.15, 0.2) is 267 Å². The Morgan fingerprint density at radius 2 is 0.596 bits per heavy atom. The molecule has 0 saturated carbocycles. The van der Waals surface area contributed by atoms with Gasteiger partial charge < -0.3 is 18.9 Å². The predicted octanol–water partition coefficient (Wildman–Crippen LogP) is 25.1. The molecule has 18 rings (SSSR count). The zero-order valence-corrected chi connectivity index (χ0v) is 54.0. The number of nitrogens with zero attached hydrogens (tertiary/aromatic N) is 4. The first-order valence-corrected chi connectivity index (χ1v) is 34.3. The minimum atomic E-state index is 0.238. The maximum Gasteiger partial charge on any atom is 0.0561 e. The Hall–Kier alpha value is -10.7. The Bertz CT molecular complexity index is 5260. The molecule has 4 nitrogen and oxygen atoms in total. The first-order valence-electron chi connectivity index (χ1n) is 34.3. The van der Waals surface area contributed by atoms with Crippen LogP contribution in [0.2, 0.25) is 0 Å². The van der Waals surface area contributed by atoms with E-state index in [9.17, 15) is 0 Å². The van der Waals surface area contributed by atoms with Gasteiger partial charge in [-0.1, -0.05) is 198 Å². The largest absolute Gasteiger partial charge is 0.310 e. The smallest absolute Gasteiger partial charge is 0.0561 e. The van der Waals surface area contributed by atoms with Crippen LogP contribution >= 0.6 is 0 Å². The molecule has 2 aromatic heterocycles. The third-order valence-electron chi connectivity index (χ3n) is 21.1. The fourth-order valence-electron chi connectivity index (χ4n) is 16.5. The summed E-state index contributed by atoms with van der Waals surface area (Å²) in [7, 11) is 0. The van der Waals surface area contributed by atoms with Gasteiger partial charge >= 0.3 is 0 Å². The van der Waals surface area contributed by atoms with Crippen molar-refractivity contribution in [2.75, 3.05) is 9.80 Å². The minimum absolute atomic E-state index is 0.238. The molecule has 16 aromatic rings. The molecule has 2 heterocycles. The lowest BCUT2D eigenvalue weighted by molar-refractivity contribution is 0.685. The van der Waals surface area contributed by atoms with Gasteiger partial charge in [0.15, 0.2) is 0 Å². The second kappa shape index (κ2) is 22.6. The van der Waals surface area contributed by atoms with E-state index in [1.165, 1.54) is 180 Å². The van der Waals surface area contributed by atoms with Crippen LogP contribution in [0, 0.1) is 0 Å². The molecule has 0 aliphatic heterocycles. The average molecular weight is 1210 g/mol. The van der Waals surface area contributed by atoms with Gasteiger partial charge in [0, 0.05) is 66.4 Å². The van der Waals surface area contributed by atoms with Crippen molar-refractivity contribution in [3.63, 3.8) is 0 Å². The summed E-state index contributed by atoms with van der Waals surface area (Å²) in [5.74, 6) is 0.475. The molecule has 0 bridgehead atoms. The first kappa shape index (κ1) is 56.1. The van der Waals surface area contributed by atoms with Crippen LogP contribution in [0.25, 0.3) is 110 Å². The molecule has 454 valence electrons. The second-order valence-electron chi connectivity index (χ2n) is 27.3. The number of fused-ring (bicyclic) bond motifs is 8. The molecule has 4 heteroatoms. The van der Waals surface area contributed by atoms with E-state index >= 15 is 0 Å². The number of rotatable bonds is 12. The highest BCUT2D eigenvalue weighted by atomic mass is 15.2. The summed E-state index contributed by atoms with van der Waals surface area (Å²) >= 11 is 0. The summed E-state index contributed by atoms with van der Waals surface area (Å²) in [5, 5.41) is 12.8. The summed E-state index contributed by atoms with van der Waals surface area (Å²) in [6.07, 6.45) is 9.35. The first-order chi connectivity index (χ1) is 46.3. The molecule has 2 aliphatic carbocycles. The van der Waals surface area contributed by atoms with E-state index in [1.807, 2.05) is 0 Å². The summed E-state index contributed by atoms with van der Waals surface area (Å²) in [6.45, 7) is 9.57. The van der Waals surface area contributed by atoms with Crippen molar-refractivity contribution in [2.45, 2.75) is 90.9 Å². The fraction of sp³-hybridized carbons (Fsp3) is 0.156. The van der Waals surface area contributed by atoms with Crippen LogP contribution in [0.1, 0.15) is 98.6 Å². The highest BCUT2D eigenvalue weighted by molar-refractivity contribution is 6.30. The van der Waals surface area contributed by atoms with Crippen molar-refractivity contribution in [1.29, 1.82) is 0 Å². The van der Waals surface area contributed by atoms with Crippen molar-refractivity contribution in [3.05, 3.63) is 300 Å². The zero-order valence-electron chi connectivity index (χ0n) is 54.0. The fourth-order valence-corrected chi connectivity index (χ4v) is 16.5. The van der Waals surface area contributed by atoms with E-state index in [-0.39, 0.29) is 11.8 Å². The van der Waals surface area contributed by atoms with Gasteiger partial charge in [-0.3, -0.25) is 0 Å². The molecule has 14 aromatic carbocycles. The number of anilines is 6. The third kappa shape index (κ3) is 9.16. The molecule has 94 heavy (non-hydrogen) atoms. The molecule has 0 fully saturated rings. The normalized spacial score (nSPS) is 13.4. The van der Waals surface area contributed by atoms with Crippen LogP contribution in [0.3, 0.4) is 0 Å². The third-order valence-corrected chi connectivity index (χ3v) is 21.1. The maximum absolute atomic E-state index is 2.62. The number of para-hydroxylation sites is 2. The molecule has 0 spiro atoms. The van der Waals surface area contributed by atoms with Crippen LogP contribution in [0.4, 0.5) is 34.1 Å². The van der Waals surface area contributed by atoms with Crippen molar-refractivity contribution in [1.82, 2.24) is 9.13 Å². The van der Waals surface area contributed by atoms with E-state index < -0.39 is 0 Å². The van der Waals surface area contributed by atoms with E-state index in [4.69, 9.17) is 0 Å². The lowest BCUT2D eigenvalue weighted by Gasteiger charge is -2.32. The SMILES string of the molecule is CC(C)c1cc(N(c2ccc3c(c2)CCCC3)c2ccc3c4ccccc4n(-c4ccc(-c5ccccc5)cc4)c3c2)c2ccc3c(C(C)C)cc(N(c4ccc5c(c4)CCCC5)c4ccc5c6ccccc6n(-c6ccc(-c7ccccc7)cc6)c5c4)c4ccc1c2c34. The van der Waals surface area contributed by atoms with Crippen LogP contribution in [-0.4, -0.2) is 9.13 Å². The Labute approximate surface area is 550 Å². The Morgan fingerprint density at radius 1 is 0.266 bits per heavy atom. The van der Waals surface area contributed by atoms with Crippen molar-refractivity contribution in [2.24, 2.45) is 0 Å². The number of benzene rings is 14. The van der Waals surface area contributed by atoms with Gasteiger partial charge in [0.2, 0.25) is 0 Å². The van der Waals surface area contributed by atoms with Crippen LogP contribution < -0.4 is 9.80 Å². The Kier molecular flexibility index (Phi) is 13.5. The lowest BCUT2D eigenvalue weighted by Crippen LogP contribution is -2.14. The van der Waals surface area contributed by atoms with Crippen molar-refractivity contribution >= 4 is 110 Å². The molecule has 0 N–H and O–H groups in total. The van der Waals surface area contributed by atoms with E-state index in [2.05, 4.69) is 314 Å². The van der Waals surface area contributed by atoms with Crippen molar-refractivity contribution in [3.8, 4) is 33.6 Å². The molecule has 2 aliphatic rings. The molecule has 0 unspecified atom stereocenters. The zero-order chi connectivity index (χ0) is 62.7. The van der Waals surface area contributed by atoms with E-state index in [1.54, 1.807) is 0 Å². The van der Waals surface area contributed by atoms with Gasteiger partial charge in [0.05, 0.1) is 33.4 Å². The molecule has 0 atom stereocenters. The number of aryl methyl sites for hydroxylation is 4. The van der Waals surface area contributed by atoms with Gasteiger partial charge in [0.25, 0.3) is 0 Å². The van der Waals surface area contributed by atoms with Gasteiger partial charge in [-0.25, -0.2) is 0 Å². The van der Waals surface area contributed by atoms with Gasteiger partial charge in [-0.15, -0.1) is 0 Å². The molecular formula is C90H74N4. The number of hydrogen-bond acceptors (Lipinski definition) is 2. The second-order valence-corrected chi connectivity index (χ2v) is 27.3. The summed E-state index contributed by atoms with van der Waals surface area (Å²) in [6, 6.07) is 102.